The first kappa shape index (κ1) is 19.0. The third kappa shape index (κ3) is 3.77. The molecule has 6 heteroatoms. The molecule has 150 valence electrons. The van der Waals surface area contributed by atoms with E-state index >= 15 is 0 Å². The fraction of sp³-hybridized carbons (Fsp3) is 0.591. The average Bonchev–Trinajstić information content (AvgIpc) is 2.60. The summed E-state index contributed by atoms with van der Waals surface area (Å²) in [6.07, 6.45) is 7.60. The quantitative estimate of drug-likeness (QED) is 0.697. The zero-order chi connectivity index (χ0) is 19.9. The van der Waals surface area contributed by atoms with Gasteiger partial charge in [0.15, 0.2) is 0 Å². The lowest BCUT2D eigenvalue weighted by Gasteiger charge is -2.59. The van der Waals surface area contributed by atoms with Crippen molar-refractivity contribution >= 4 is 29.1 Å². The highest BCUT2D eigenvalue weighted by Gasteiger charge is 2.53. The normalized spacial score (nSPS) is 31.1. The number of anilines is 2. The number of hydrogen-bond donors (Lipinski definition) is 3. The first-order valence-electron chi connectivity index (χ1n) is 10.3. The van der Waals surface area contributed by atoms with Crippen LogP contribution >= 0.6 is 0 Å². The summed E-state index contributed by atoms with van der Waals surface area (Å²) in [5.74, 6) is 0.957. The summed E-state index contributed by atoms with van der Waals surface area (Å²) < 4.78 is 0. The molecule has 6 nitrogen and oxygen atoms in total. The van der Waals surface area contributed by atoms with E-state index in [0.717, 1.165) is 17.8 Å². The molecule has 4 aliphatic rings. The largest absolute Gasteiger partial charge is 0.345 e. The van der Waals surface area contributed by atoms with Crippen LogP contribution in [0.1, 0.15) is 52.4 Å². The summed E-state index contributed by atoms with van der Waals surface area (Å²) in [5, 5.41) is 8.28. The van der Waals surface area contributed by atoms with Crippen molar-refractivity contribution in [3.8, 4) is 0 Å². The van der Waals surface area contributed by atoms with E-state index in [1.165, 1.54) is 45.4 Å². The monoisotopic (exact) mass is 383 g/mol. The lowest BCUT2D eigenvalue weighted by molar-refractivity contribution is -0.138. The molecule has 0 aliphatic heterocycles. The molecule has 1 unspecified atom stereocenters. The van der Waals surface area contributed by atoms with Crippen LogP contribution in [0.5, 0.6) is 0 Å². The lowest BCUT2D eigenvalue weighted by Crippen LogP contribution is -2.57. The zero-order valence-electron chi connectivity index (χ0n) is 16.6. The molecule has 3 amide bonds. The second-order valence-corrected chi connectivity index (χ2v) is 9.19. The number of benzene rings is 1. The Bertz CT molecular complexity index is 769. The first-order valence-corrected chi connectivity index (χ1v) is 10.3. The third-order valence-electron chi connectivity index (χ3n) is 7.00. The highest BCUT2D eigenvalue weighted by atomic mass is 16.2. The van der Waals surface area contributed by atoms with Gasteiger partial charge >= 0.3 is 11.8 Å². The maximum atomic E-state index is 12.5. The van der Waals surface area contributed by atoms with Crippen molar-refractivity contribution in [2.75, 3.05) is 10.6 Å². The van der Waals surface area contributed by atoms with Gasteiger partial charge in [-0.1, -0.05) is 6.07 Å². The van der Waals surface area contributed by atoms with Crippen molar-refractivity contribution in [3.63, 3.8) is 0 Å². The molecule has 4 saturated carbocycles. The van der Waals surface area contributed by atoms with Crippen molar-refractivity contribution in [3.05, 3.63) is 24.3 Å². The molecule has 0 aromatic heterocycles. The van der Waals surface area contributed by atoms with Crippen LogP contribution in [0.3, 0.4) is 0 Å². The molecular formula is C22H29N3O3. The van der Waals surface area contributed by atoms with E-state index in [1.807, 2.05) is 0 Å². The minimum Gasteiger partial charge on any atom is -0.345 e. The van der Waals surface area contributed by atoms with E-state index in [0.29, 0.717) is 11.4 Å². The Morgan fingerprint density at radius 3 is 2.00 bits per heavy atom. The van der Waals surface area contributed by atoms with Crippen molar-refractivity contribution in [2.24, 2.45) is 23.2 Å². The zero-order valence-corrected chi connectivity index (χ0v) is 16.6. The van der Waals surface area contributed by atoms with Gasteiger partial charge in [-0.3, -0.25) is 14.4 Å². The number of amides is 3. The lowest BCUT2D eigenvalue weighted by atomic mass is 9.48. The fourth-order valence-corrected chi connectivity index (χ4v) is 6.19. The van der Waals surface area contributed by atoms with Gasteiger partial charge in [0.25, 0.3) is 0 Å². The minimum atomic E-state index is -0.670. The topological polar surface area (TPSA) is 87.3 Å². The van der Waals surface area contributed by atoms with Crippen LogP contribution < -0.4 is 16.0 Å². The Hall–Kier alpha value is -2.37. The van der Waals surface area contributed by atoms with E-state index in [2.05, 4.69) is 22.9 Å². The molecule has 0 saturated heterocycles. The van der Waals surface area contributed by atoms with E-state index in [1.54, 1.807) is 24.3 Å². The van der Waals surface area contributed by atoms with Gasteiger partial charge in [0.05, 0.1) is 0 Å². The maximum Gasteiger partial charge on any atom is 0.313 e. The molecule has 4 aliphatic carbocycles. The van der Waals surface area contributed by atoms with E-state index in [-0.39, 0.29) is 17.4 Å². The molecule has 0 spiro atoms. The summed E-state index contributed by atoms with van der Waals surface area (Å²) in [5.41, 5.74) is 1.22. The average molecular weight is 383 g/mol. The van der Waals surface area contributed by atoms with Crippen LogP contribution in [-0.2, 0) is 14.4 Å². The van der Waals surface area contributed by atoms with Gasteiger partial charge in [0.1, 0.15) is 0 Å². The van der Waals surface area contributed by atoms with Gasteiger partial charge in [-0.05, 0) is 86.8 Å². The number of carbonyl (C=O) groups is 3. The Balaban J connectivity index is 1.37. The van der Waals surface area contributed by atoms with Gasteiger partial charge in [-0.15, -0.1) is 0 Å². The Kier molecular flexibility index (Phi) is 4.89. The van der Waals surface area contributed by atoms with Crippen LogP contribution in [0.15, 0.2) is 24.3 Å². The number of nitrogens with one attached hydrogen (secondary N) is 3. The SMILES string of the molecule is CC(=O)Nc1cccc(NC(=O)C(=O)NC(C)C23CC4CC(CC(C4)C2)C3)c1. The van der Waals surface area contributed by atoms with Crippen LogP contribution in [-0.4, -0.2) is 23.8 Å². The molecule has 4 fully saturated rings. The Morgan fingerprint density at radius 2 is 1.46 bits per heavy atom. The minimum absolute atomic E-state index is 0.00450. The summed E-state index contributed by atoms with van der Waals surface area (Å²) in [7, 11) is 0. The second-order valence-electron chi connectivity index (χ2n) is 9.19. The number of carbonyl (C=O) groups excluding carboxylic acids is 3. The summed E-state index contributed by atoms with van der Waals surface area (Å²) in [6, 6.07) is 6.78. The third-order valence-corrected chi connectivity index (χ3v) is 7.00. The molecule has 1 atom stereocenters. The first-order chi connectivity index (χ1) is 13.3. The number of rotatable bonds is 4. The predicted octanol–water partition coefficient (Wildman–Crippen LogP) is 3.30. The molecule has 0 radical (unpaired) electrons. The Labute approximate surface area is 165 Å². The van der Waals surface area contributed by atoms with Crippen LogP contribution in [0.2, 0.25) is 0 Å². The summed E-state index contributed by atoms with van der Waals surface area (Å²) >= 11 is 0. The summed E-state index contributed by atoms with van der Waals surface area (Å²) in [6.45, 7) is 3.49. The van der Waals surface area contributed by atoms with Gasteiger partial charge in [-0.25, -0.2) is 0 Å². The highest BCUT2D eigenvalue weighted by Crippen LogP contribution is 2.61. The molecule has 0 heterocycles. The summed E-state index contributed by atoms with van der Waals surface area (Å²) in [4.78, 5) is 36.1. The molecule has 28 heavy (non-hydrogen) atoms. The van der Waals surface area contributed by atoms with Crippen molar-refractivity contribution in [1.82, 2.24) is 5.32 Å². The van der Waals surface area contributed by atoms with Crippen LogP contribution in [0.4, 0.5) is 11.4 Å². The van der Waals surface area contributed by atoms with Crippen LogP contribution in [0.25, 0.3) is 0 Å². The molecule has 4 bridgehead atoms. The van der Waals surface area contributed by atoms with E-state index in [9.17, 15) is 14.4 Å². The molecule has 1 aromatic carbocycles. The molecule has 3 N–H and O–H groups in total. The highest BCUT2D eigenvalue weighted by molar-refractivity contribution is 6.39. The molecule has 5 rings (SSSR count). The Morgan fingerprint density at radius 1 is 0.929 bits per heavy atom. The second kappa shape index (κ2) is 7.22. The van der Waals surface area contributed by atoms with Crippen molar-refractivity contribution < 1.29 is 14.4 Å². The van der Waals surface area contributed by atoms with Gasteiger partial charge < -0.3 is 16.0 Å². The maximum absolute atomic E-state index is 12.5. The standard InChI is InChI=1S/C22H29N3O3/c1-13(22-10-15-6-16(11-22)8-17(7-15)12-22)23-20(27)21(28)25-19-5-3-4-18(9-19)24-14(2)26/h3-5,9,13,15-17H,6-8,10-12H2,1-2H3,(H,23,27)(H,24,26)(H,25,28). The molecule has 1 aromatic rings. The van der Waals surface area contributed by atoms with Crippen LogP contribution in [0, 0.1) is 23.2 Å². The predicted molar refractivity (Wildman–Crippen MR) is 108 cm³/mol. The number of hydrogen-bond acceptors (Lipinski definition) is 3. The smallest absolute Gasteiger partial charge is 0.313 e. The van der Waals surface area contributed by atoms with Gasteiger partial charge in [0, 0.05) is 24.3 Å². The van der Waals surface area contributed by atoms with E-state index < -0.39 is 11.8 Å². The molecular weight excluding hydrogens is 354 g/mol. The van der Waals surface area contributed by atoms with Crippen molar-refractivity contribution in [2.45, 2.75) is 58.4 Å². The fourth-order valence-electron chi connectivity index (χ4n) is 6.19. The van der Waals surface area contributed by atoms with Crippen molar-refractivity contribution in [1.29, 1.82) is 0 Å². The van der Waals surface area contributed by atoms with E-state index in [4.69, 9.17) is 0 Å². The van der Waals surface area contributed by atoms with Gasteiger partial charge in [-0.2, -0.15) is 0 Å². The van der Waals surface area contributed by atoms with Gasteiger partial charge in [0.2, 0.25) is 5.91 Å².